The van der Waals surface area contributed by atoms with Gasteiger partial charge in [0.1, 0.15) is 11.9 Å². The van der Waals surface area contributed by atoms with Crippen LogP contribution in [0.1, 0.15) is 5.69 Å². The summed E-state index contributed by atoms with van der Waals surface area (Å²) < 4.78 is 0. The maximum Gasteiger partial charge on any atom is 0.131 e. The third-order valence-electron chi connectivity index (χ3n) is 1.89. The second kappa shape index (κ2) is 4.72. The van der Waals surface area contributed by atoms with E-state index in [-0.39, 0.29) is 24.8 Å². The standard InChI is InChI=1S/C7H9N3O.2ClH/c11-7(3-9-4-7)6-1-2-8-5-10-6;;/h1-2,5,9,11H,3-4H2;2*1H. The van der Waals surface area contributed by atoms with Crippen molar-refractivity contribution in [1.82, 2.24) is 15.3 Å². The Morgan fingerprint density at radius 1 is 1.38 bits per heavy atom. The number of rotatable bonds is 1. The molecule has 1 aliphatic rings. The maximum absolute atomic E-state index is 9.73. The average molecular weight is 224 g/mol. The highest BCUT2D eigenvalue weighted by molar-refractivity contribution is 5.85. The molecule has 1 saturated heterocycles. The van der Waals surface area contributed by atoms with E-state index in [1.165, 1.54) is 6.33 Å². The molecule has 4 nitrogen and oxygen atoms in total. The van der Waals surface area contributed by atoms with E-state index in [2.05, 4.69) is 15.3 Å². The summed E-state index contributed by atoms with van der Waals surface area (Å²) in [6, 6.07) is 1.74. The van der Waals surface area contributed by atoms with Crippen molar-refractivity contribution in [2.24, 2.45) is 0 Å². The summed E-state index contributed by atoms with van der Waals surface area (Å²) in [6.07, 6.45) is 3.09. The lowest BCUT2D eigenvalue weighted by molar-refractivity contribution is -0.0187. The molecule has 0 aliphatic carbocycles. The Labute approximate surface area is 88.6 Å². The van der Waals surface area contributed by atoms with Gasteiger partial charge in [-0.1, -0.05) is 0 Å². The average Bonchev–Trinajstić information content (AvgIpc) is 2.02. The molecule has 0 radical (unpaired) electrons. The van der Waals surface area contributed by atoms with Crippen LogP contribution >= 0.6 is 24.8 Å². The lowest BCUT2D eigenvalue weighted by Gasteiger charge is -2.36. The fourth-order valence-electron chi connectivity index (χ4n) is 1.11. The van der Waals surface area contributed by atoms with Crippen molar-refractivity contribution < 1.29 is 5.11 Å². The minimum absolute atomic E-state index is 0. The van der Waals surface area contributed by atoms with Crippen LogP contribution < -0.4 is 5.32 Å². The second-order valence-electron chi connectivity index (χ2n) is 2.73. The van der Waals surface area contributed by atoms with Crippen molar-refractivity contribution in [2.75, 3.05) is 13.1 Å². The van der Waals surface area contributed by atoms with Crippen molar-refractivity contribution in [2.45, 2.75) is 5.60 Å². The molecule has 6 heteroatoms. The summed E-state index contributed by atoms with van der Waals surface area (Å²) in [5.74, 6) is 0. The first-order chi connectivity index (χ1) is 5.31. The quantitative estimate of drug-likeness (QED) is 0.710. The van der Waals surface area contributed by atoms with Crippen LogP contribution in [0.5, 0.6) is 0 Å². The van der Waals surface area contributed by atoms with Gasteiger partial charge in [-0.2, -0.15) is 0 Å². The summed E-state index contributed by atoms with van der Waals surface area (Å²) in [6.45, 7) is 1.17. The molecule has 2 N–H and O–H groups in total. The predicted octanol–water partition coefficient (Wildman–Crippen LogP) is 0.111. The summed E-state index contributed by atoms with van der Waals surface area (Å²) in [5.41, 5.74) is -0.0469. The highest BCUT2D eigenvalue weighted by Crippen LogP contribution is 2.21. The third kappa shape index (κ3) is 2.28. The molecule has 1 fully saturated rings. The van der Waals surface area contributed by atoms with Crippen molar-refractivity contribution in [1.29, 1.82) is 0 Å². The molecule has 2 heterocycles. The number of nitrogens with one attached hydrogen (secondary N) is 1. The normalized spacial score (nSPS) is 17.6. The van der Waals surface area contributed by atoms with Crippen molar-refractivity contribution in [3.8, 4) is 0 Å². The molecule has 0 spiro atoms. The van der Waals surface area contributed by atoms with Crippen LogP contribution in [-0.4, -0.2) is 28.2 Å². The van der Waals surface area contributed by atoms with Crippen molar-refractivity contribution >= 4 is 24.8 Å². The van der Waals surface area contributed by atoms with Gasteiger partial charge in [0, 0.05) is 19.3 Å². The molecule has 0 saturated carbocycles. The number of β-amino-alcohol motifs (C(OH)–C–C–N with tert-alkyl or cyclic N) is 1. The molecule has 1 aromatic rings. The number of aromatic nitrogens is 2. The molecule has 0 unspecified atom stereocenters. The number of aliphatic hydroxyl groups is 1. The molecule has 2 rings (SSSR count). The molecule has 0 amide bonds. The number of hydrogen-bond donors (Lipinski definition) is 2. The Bertz CT molecular complexity index is 253. The van der Waals surface area contributed by atoms with Gasteiger partial charge in [0.15, 0.2) is 0 Å². The van der Waals surface area contributed by atoms with Crippen LogP contribution in [0.2, 0.25) is 0 Å². The Kier molecular flexibility index (Phi) is 4.56. The highest BCUT2D eigenvalue weighted by Gasteiger charge is 2.37. The van der Waals surface area contributed by atoms with E-state index < -0.39 is 5.60 Å². The Hall–Kier alpha value is -0.420. The van der Waals surface area contributed by atoms with E-state index in [9.17, 15) is 5.11 Å². The van der Waals surface area contributed by atoms with Crippen LogP contribution in [0.4, 0.5) is 0 Å². The molecular formula is C7H11Cl2N3O. The molecule has 13 heavy (non-hydrogen) atoms. The molecule has 1 aromatic heterocycles. The van der Waals surface area contributed by atoms with Crippen LogP contribution in [-0.2, 0) is 5.60 Å². The third-order valence-corrected chi connectivity index (χ3v) is 1.89. The number of halogens is 2. The Morgan fingerprint density at radius 2 is 2.08 bits per heavy atom. The van der Waals surface area contributed by atoms with Gasteiger partial charge < -0.3 is 10.4 Å². The summed E-state index contributed by atoms with van der Waals surface area (Å²) in [4.78, 5) is 7.75. The maximum atomic E-state index is 9.73. The summed E-state index contributed by atoms with van der Waals surface area (Å²) >= 11 is 0. The van der Waals surface area contributed by atoms with Crippen LogP contribution in [0.3, 0.4) is 0 Å². The highest BCUT2D eigenvalue weighted by atomic mass is 35.5. The first-order valence-electron chi connectivity index (χ1n) is 3.51. The van der Waals surface area contributed by atoms with E-state index in [0.717, 1.165) is 0 Å². The zero-order valence-electron chi connectivity index (χ0n) is 6.80. The fourth-order valence-corrected chi connectivity index (χ4v) is 1.11. The van der Waals surface area contributed by atoms with Gasteiger partial charge >= 0.3 is 0 Å². The van der Waals surface area contributed by atoms with E-state index in [0.29, 0.717) is 18.8 Å². The molecule has 0 atom stereocenters. The largest absolute Gasteiger partial charge is 0.381 e. The van der Waals surface area contributed by atoms with E-state index in [1.54, 1.807) is 12.3 Å². The van der Waals surface area contributed by atoms with Gasteiger partial charge in [0.2, 0.25) is 0 Å². The van der Waals surface area contributed by atoms with Crippen LogP contribution in [0.25, 0.3) is 0 Å². The van der Waals surface area contributed by atoms with E-state index in [4.69, 9.17) is 0 Å². The lowest BCUT2D eigenvalue weighted by Crippen LogP contribution is -2.57. The fraction of sp³-hybridized carbons (Fsp3) is 0.429. The Morgan fingerprint density at radius 3 is 2.46 bits per heavy atom. The molecule has 1 aliphatic heterocycles. The lowest BCUT2D eigenvalue weighted by atomic mass is 9.93. The predicted molar refractivity (Wildman–Crippen MR) is 53.3 cm³/mol. The summed E-state index contributed by atoms with van der Waals surface area (Å²) in [5, 5.41) is 12.7. The molecule has 74 valence electrons. The van der Waals surface area contributed by atoms with Gasteiger partial charge in [-0.3, -0.25) is 0 Å². The summed E-state index contributed by atoms with van der Waals surface area (Å²) in [7, 11) is 0. The van der Waals surface area contributed by atoms with Gasteiger partial charge in [0.25, 0.3) is 0 Å². The minimum Gasteiger partial charge on any atom is -0.381 e. The van der Waals surface area contributed by atoms with Gasteiger partial charge in [-0.25, -0.2) is 9.97 Å². The molecule has 0 bridgehead atoms. The Balaban J connectivity index is 0.000000720. The van der Waals surface area contributed by atoms with Gasteiger partial charge in [-0.05, 0) is 6.07 Å². The molecular weight excluding hydrogens is 213 g/mol. The van der Waals surface area contributed by atoms with Gasteiger partial charge in [-0.15, -0.1) is 24.8 Å². The minimum atomic E-state index is -0.747. The monoisotopic (exact) mass is 223 g/mol. The van der Waals surface area contributed by atoms with Crippen molar-refractivity contribution in [3.05, 3.63) is 24.3 Å². The van der Waals surface area contributed by atoms with E-state index in [1.807, 2.05) is 0 Å². The van der Waals surface area contributed by atoms with Crippen molar-refractivity contribution in [3.63, 3.8) is 0 Å². The smallest absolute Gasteiger partial charge is 0.131 e. The van der Waals surface area contributed by atoms with Gasteiger partial charge in [0.05, 0.1) is 5.69 Å². The SMILES string of the molecule is Cl.Cl.OC1(c2ccncn2)CNC1. The van der Waals surface area contributed by atoms with Crippen LogP contribution in [0, 0.1) is 0 Å². The first kappa shape index (κ1) is 12.6. The second-order valence-corrected chi connectivity index (χ2v) is 2.73. The topological polar surface area (TPSA) is 58.0 Å². The number of hydrogen-bond acceptors (Lipinski definition) is 4. The number of nitrogens with zero attached hydrogens (tertiary/aromatic N) is 2. The zero-order valence-corrected chi connectivity index (χ0v) is 8.44. The first-order valence-corrected chi connectivity index (χ1v) is 3.51. The molecule has 0 aromatic carbocycles. The van der Waals surface area contributed by atoms with E-state index >= 15 is 0 Å². The zero-order chi connectivity index (χ0) is 7.73. The van der Waals surface area contributed by atoms with Crippen LogP contribution in [0.15, 0.2) is 18.6 Å².